The van der Waals surface area contributed by atoms with Crippen LogP contribution in [0.15, 0.2) is 42.9 Å². The molecule has 1 aromatic carbocycles. The number of aromatic hydroxyl groups is 1. The van der Waals surface area contributed by atoms with E-state index in [0.29, 0.717) is 17.0 Å². The lowest BCUT2D eigenvalue weighted by Gasteiger charge is -1.98. The van der Waals surface area contributed by atoms with E-state index in [4.69, 9.17) is 5.11 Å². The van der Waals surface area contributed by atoms with E-state index in [2.05, 4.69) is 9.97 Å². The van der Waals surface area contributed by atoms with Crippen LogP contribution in [0.25, 0.3) is 17.0 Å². The predicted molar refractivity (Wildman–Crippen MR) is 60.0 cm³/mol. The second-order valence-electron chi connectivity index (χ2n) is 3.62. The Morgan fingerprint density at radius 3 is 2.94 bits per heavy atom. The number of imidazole rings is 1. The third kappa shape index (κ3) is 1.61. The summed E-state index contributed by atoms with van der Waals surface area (Å²) in [5.74, 6) is -0.473. The molecule has 0 saturated carbocycles. The van der Waals surface area contributed by atoms with Crippen molar-refractivity contribution in [3.8, 4) is 17.0 Å². The van der Waals surface area contributed by atoms with Crippen LogP contribution >= 0.6 is 0 Å². The number of rotatable bonds is 1. The fraction of sp³-hybridized carbons (Fsp3) is 0. The van der Waals surface area contributed by atoms with Gasteiger partial charge in [0.2, 0.25) is 5.78 Å². The van der Waals surface area contributed by atoms with Crippen molar-refractivity contribution in [1.29, 1.82) is 0 Å². The first-order chi connectivity index (χ1) is 8.24. The Bertz CT molecular complexity index is 660. The summed E-state index contributed by atoms with van der Waals surface area (Å²) in [4.78, 5) is 8.33. The minimum atomic E-state index is -0.660. The molecule has 0 atom stereocenters. The number of phenols is 1. The van der Waals surface area contributed by atoms with Crippen molar-refractivity contribution in [3.63, 3.8) is 0 Å². The maximum atomic E-state index is 13.2. The SMILES string of the molecule is Oc1ccc(-c2cn3cccnc3n2)cc1F. The molecule has 2 aromatic heterocycles. The highest BCUT2D eigenvalue weighted by molar-refractivity contribution is 5.62. The zero-order chi connectivity index (χ0) is 11.8. The number of phenolic OH excluding ortho intramolecular Hbond substituents is 1. The fourth-order valence-electron chi connectivity index (χ4n) is 1.64. The number of halogens is 1. The number of aromatic nitrogens is 3. The van der Waals surface area contributed by atoms with Crippen LogP contribution in [0.5, 0.6) is 5.75 Å². The Labute approximate surface area is 96.0 Å². The molecule has 0 fully saturated rings. The van der Waals surface area contributed by atoms with E-state index in [1.165, 1.54) is 12.1 Å². The molecule has 0 aliphatic rings. The maximum Gasteiger partial charge on any atom is 0.234 e. The van der Waals surface area contributed by atoms with E-state index in [1.54, 1.807) is 28.9 Å². The van der Waals surface area contributed by atoms with Gasteiger partial charge in [-0.3, -0.25) is 4.40 Å². The zero-order valence-corrected chi connectivity index (χ0v) is 8.71. The molecular weight excluding hydrogens is 221 g/mol. The van der Waals surface area contributed by atoms with Gasteiger partial charge in [-0.05, 0) is 24.3 Å². The Balaban J connectivity index is 2.17. The monoisotopic (exact) mass is 229 g/mol. The first-order valence-corrected chi connectivity index (χ1v) is 5.02. The fourth-order valence-corrected chi connectivity index (χ4v) is 1.64. The van der Waals surface area contributed by atoms with E-state index in [9.17, 15) is 4.39 Å². The molecule has 0 aliphatic carbocycles. The molecular formula is C12H8FN3O. The van der Waals surface area contributed by atoms with Crippen LogP contribution in [0.3, 0.4) is 0 Å². The molecule has 3 rings (SSSR count). The third-order valence-corrected chi connectivity index (χ3v) is 2.48. The molecule has 0 saturated heterocycles. The average Bonchev–Trinajstić information content (AvgIpc) is 2.76. The molecule has 0 bridgehead atoms. The molecule has 3 aromatic rings. The van der Waals surface area contributed by atoms with Gasteiger partial charge in [0, 0.05) is 24.2 Å². The van der Waals surface area contributed by atoms with Crippen LogP contribution in [0, 0.1) is 5.82 Å². The highest BCUT2D eigenvalue weighted by Gasteiger charge is 2.07. The summed E-state index contributed by atoms with van der Waals surface area (Å²) in [7, 11) is 0. The number of hydrogen-bond donors (Lipinski definition) is 1. The minimum absolute atomic E-state index is 0.365. The van der Waals surface area contributed by atoms with E-state index in [1.807, 2.05) is 6.20 Å². The molecule has 0 amide bonds. The standard InChI is InChI=1S/C12H8FN3O/c13-9-6-8(2-3-11(9)17)10-7-16-5-1-4-14-12(16)15-10/h1-7,17H. The first kappa shape index (κ1) is 9.77. The van der Waals surface area contributed by atoms with Gasteiger partial charge in [0.25, 0.3) is 0 Å². The summed E-state index contributed by atoms with van der Waals surface area (Å²) in [5, 5.41) is 9.12. The van der Waals surface area contributed by atoms with Crippen LogP contribution < -0.4 is 0 Å². The van der Waals surface area contributed by atoms with E-state index in [0.717, 1.165) is 0 Å². The third-order valence-electron chi connectivity index (χ3n) is 2.48. The lowest BCUT2D eigenvalue weighted by atomic mass is 10.1. The van der Waals surface area contributed by atoms with Gasteiger partial charge in [0.05, 0.1) is 5.69 Å². The molecule has 84 valence electrons. The van der Waals surface area contributed by atoms with Gasteiger partial charge in [0.1, 0.15) is 0 Å². The second-order valence-corrected chi connectivity index (χ2v) is 3.62. The van der Waals surface area contributed by atoms with Crippen molar-refractivity contribution in [2.24, 2.45) is 0 Å². The summed E-state index contributed by atoms with van der Waals surface area (Å²) < 4.78 is 15.0. The Morgan fingerprint density at radius 1 is 1.29 bits per heavy atom. The van der Waals surface area contributed by atoms with Gasteiger partial charge in [-0.25, -0.2) is 14.4 Å². The van der Waals surface area contributed by atoms with Crippen LogP contribution in [0.1, 0.15) is 0 Å². The van der Waals surface area contributed by atoms with Crippen molar-refractivity contribution in [3.05, 3.63) is 48.7 Å². The Kier molecular flexibility index (Phi) is 2.04. The van der Waals surface area contributed by atoms with E-state index < -0.39 is 5.82 Å². The van der Waals surface area contributed by atoms with E-state index in [-0.39, 0.29) is 5.75 Å². The van der Waals surface area contributed by atoms with E-state index >= 15 is 0 Å². The van der Waals surface area contributed by atoms with Gasteiger partial charge in [-0.2, -0.15) is 0 Å². The summed E-state index contributed by atoms with van der Waals surface area (Å²) in [6.45, 7) is 0. The molecule has 1 N–H and O–H groups in total. The average molecular weight is 229 g/mol. The molecule has 5 heteroatoms. The van der Waals surface area contributed by atoms with Crippen LogP contribution in [0.2, 0.25) is 0 Å². The summed E-state index contributed by atoms with van der Waals surface area (Å²) in [6.07, 6.45) is 5.22. The molecule has 0 spiro atoms. The number of fused-ring (bicyclic) bond motifs is 1. The van der Waals surface area contributed by atoms with Crippen molar-refractivity contribution in [2.45, 2.75) is 0 Å². The van der Waals surface area contributed by atoms with Gasteiger partial charge >= 0.3 is 0 Å². The molecule has 4 nitrogen and oxygen atoms in total. The van der Waals surface area contributed by atoms with Crippen LogP contribution in [0.4, 0.5) is 4.39 Å². The number of nitrogens with zero attached hydrogens (tertiary/aromatic N) is 3. The normalized spacial score (nSPS) is 10.9. The van der Waals surface area contributed by atoms with Crippen molar-refractivity contribution < 1.29 is 9.50 Å². The highest BCUT2D eigenvalue weighted by Crippen LogP contribution is 2.23. The largest absolute Gasteiger partial charge is 0.505 e. The van der Waals surface area contributed by atoms with Gasteiger partial charge in [0.15, 0.2) is 11.6 Å². The second kappa shape index (κ2) is 3.55. The van der Waals surface area contributed by atoms with Gasteiger partial charge in [-0.15, -0.1) is 0 Å². The number of hydrogen-bond acceptors (Lipinski definition) is 3. The highest BCUT2D eigenvalue weighted by atomic mass is 19.1. The summed E-state index contributed by atoms with van der Waals surface area (Å²) in [6, 6.07) is 5.95. The minimum Gasteiger partial charge on any atom is -0.505 e. The van der Waals surface area contributed by atoms with Crippen LogP contribution in [-0.4, -0.2) is 19.5 Å². The first-order valence-electron chi connectivity index (χ1n) is 5.02. The van der Waals surface area contributed by atoms with Crippen molar-refractivity contribution in [2.75, 3.05) is 0 Å². The summed E-state index contributed by atoms with van der Waals surface area (Å²) >= 11 is 0. The Morgan fingerprint density at radius 2 is 2.18 bits per heavy atom. The molecule has 0 aliphatic heterocycles. The number of benzene rings is 1. The molecule has 0 unspecified atom stereocenters. The summed E-state index contributed by atoms with van der Waals surface area (Å²) in [5.41, 5.74) is 1.22. The van der Waals surface area contributed by atoms with Crippen LogP contribution in [-0.2, 0) is 0 Å². The predicted octanol–water partition coefficient (Wildman–Crippen LogP) is 2.24. The van der Waals surface area contributed by atoms with Crippen molar-refractivity contribution >= 4 is 5.78 Å². The quantitative estimate of drug-likeness (QED) is 0.696. The Hall–Kier alpha value is -2.43. The van der Waals surface area contributed by atoms with Crippen molar-refractivity contribution in [1.82, 2.24) is 14.4 Å². The maximum absolute atomic E-state index is 13.2. The smallest absolute Gasteiger partial charge is 0.234 e. The molecule has 17 heavy (non-hydrogen) atoms. The van der Waals surface area contributed by atoms with Gasteiger partial charge < -0.3 is 5.11 Å². The lowest BCUT2D eigenvalue weighted by Crippen LogP contribution is -1.83. The van der Waals surface area contributed by atoms with Gasteiger partial charge in [-0.1, -0.05) is 0 Å². The molecule has 0 radical (unpaired) electrons. The zero-order valence-electron chi connectivity index (χ0n) is 8.71. The topological polar surface area (TPSA) is 50.4 Å². The lowest BCUT2D eigenvalue weighted by molar-refractivity contribution is 0.432. The molecule has 2 heterocycles.